The molecule has 2 aromatic rings. The third-order valence-corrected chi connectivity index (χ3v) is 4.67. The van der Waals surface area contributed by atoms with E-state index >= 15 is 0 Å². The standard InChI is InChI=1S/C20H20N2O3/c1-4-13(2)19-16-7-5-6-8-17(16)20(23)21(19)12-15-10-9-14(3)18(11-15)22(24)25/h5-11H,4,12H2,1-3H3/b19-13+. The zero-order chi connectivity index (χ0) is 18.1. The summed E-state index contributed by atoms with van der Waals surface area (Å²) in [5.41, 5.74) is 5.12. The van der Waals surface area contributed by atoms with Gasteiger partial charge in [-0.05, 0) is 37.5 Å². The third kappa shape index (κ3) is 2.93. The molecular weight excluding hydrogens is 316 g/mol. The molecule has 0 fully saturated rings. The van der Waals surface area contributed by atoms with Gasteiger partial charge in [0.05, 0.1) is 17.2 Å². The smallest absolute Gasteiger partial charge is 0.272 e. The van der Waals surface area contributed by atoms with Crippen LogP contribution in [-0.2, 0) is 6.54 Å². The molecule has 25 heavy (non-hydrogen) atoms. The summed E-state index contributed by atoms with van der Waals surface area (Å²) < 4.78 is 0. The molecule has 0 aliphatic carbocycles. The molecule has 1 aliphatic heterocycles. The highest BCUT2D eigenvalue weighted by molar-refractivity contribution is 6.09. The fourth-order valence-electron chi connectivity index (χ4n) is 3.18. The molecule has 1 heterocycles. The van der Waals surface area contributed by atoms with Gasteiger partial charge in [0, 0.05) is 22.8 Å². The Bertz CT molecular complexity index is 900. The number of amides is 1. The lowest BCUT2D eigenvalue weighted by Gasteiger charge is -2.21. The van der Waals surface area contributed by atoms with E-state index in [4.69, 9.17) is 0 Å². The number of aryl methyl sites for hydroxylation is 1. The maximum absolute atomic E-state index is 12.9. The van der Waals surface area contributed by atoms with Crippen molar-refractivity contribution in [3.8, 4) is 0 Å². The maximum Gasteiger partial charge on any atom is 0.272 e. The number of hydrogen-bond acceptors (Lipinski definition) is 3. The molecular formula is C20H20N2O3. The van der Waals surface area contributed by atoms with E-state index in [0.717, 1.165) is 28.8 Å². The first-order valence-corrected chi connectivity index (χ1v) is 8.29. The molecule has 5 nitrogen and oxygen atoms in total. The number of nitro benzene ring substituents is 1. The van der Waals surface area contributed by atoms with E-state index in [1.807, 2.05) is 37.3 Å². The largest absolute Gasteiger partial charge is 0.303 e. The summed E-state index contributed by atoms with van der Waals surface area (Å²) in [6, 6.07) is 12.7. The van der Waals surface area contributed by atoms with Gasteiger partial charge in [0.15, 0.2) is 0 Å². The van der Waals surface area contributed by atoms with E-state index in [1.165, 1.54) is 0 Å². The molecule has 0 bridgehead atoms. The fraction of sp³-hybridized carbons (Fsp3) is 0.250. The van der Waals surface area contributed by atoms with E-state index in [1.54, 1.807) is 24.0 Å². The Morgan fingerprint density at radius 1 is 1.16 bits per heavy atom. The number of benzene rings is 2. The monoisotopic (exact) mass is 336 g/mol. The van der Waals surface area contributed by atoms with E-state index < -0.39 is 0 Å². The lowest BCUT2D eigenvalue weighted by molar-refractivity contribution is -0.385. The van der Waals surface area contributed by atoms with E-state index in [9.17, 15) is 14.9 Å². The molecule has 1 amide bonds. The first kappa shape index (κ1) is 16.9. The van der Waals surface area contributed by atoms with Crippen molar-refractivity contribution in [2.75, 3.05) is 0 Å². The molecule has 0 aromatic heterocycles. The Morgan fingerprint density at radius 3 is 2.48 bits per heavy atom. The van der Waals surface area contributed by atoms with Crippen LogP contribution in [0.15, 0.2) is 48.0 Å². The number of nitrogens with zero attached hydrogens (tertiary/aromatic N) is 2. The second-order valence-corrected chi connectivity index (χ2v) is 6.30. The minimum absolute atomic E-state index is 0.0540. The SMILES string of the molecule is CC/C(C)=C1\c2ccccc2C(=O)N1Cc1ccc(C)c([N+](=O)[O-])c1. The van der Waals surface area contributed by atoms with Crippen LogP contribution < -0.4 is 0 Å². The van der Waals surface area contributed by atoms with Crippen LogP contribution in [0.4, 0.5) is 5.69 Å². The molecule has 5 heteroatoms. The predicted molar refractivity (Wildman–Crippen MR) is 97.0 cm³/mol. The summed E-state index contributed by atoms with van der Waals surface area (Å²) in [6.45, 7) is 6.12. The van der Waals surface area contributed by atoms with Gasteiger partial charge in [-0.2, -0.15) is 0 Å². The molecule has 0 saturated carbocycles. The maximum atomic E-state index is 12.9. The minimum atomic E-state index is -0.382. The Kier molecular flexibility index (Phi) is 4.40. The van der Waals surface area contributed by atoms with Gasteiger partial charge in [-0.3, -0.25) is 14.9 Å². The van der Waals surface area contributed by atoms with E-state index in [-0.39, 0.29) is 16.5 Å². The lowest BCUT2D eigenvalue weighted by Crippen LogP contribution is -2.23. The zero-order valence-electron chi connectivity index (χ0n) is 14.6. The van der Waals surface area contributed by atoms with Crippen LogP contribution in [0.2, 0.25) is 0 Å². The number of nitro groups is 1. The van der Waals surface area contributed by atoms with Crippen molar-refractivity contribution in [1.82, 2.24) is 4.90 Å². The molecule has 0 unspecified atom stereocenters. The van der Waals surface area contributed by atoms with Crippen molar-refractivity contribution in [2.45, 2.75) is 33.7 Å². The zero-order valence-corrected chi connectivity index (χ0v) is 14.6. The summed E-state index contributed by atoms with van der Waals surface area (Å²) in [7, 11) is 0. The average molecular weight is 336 g/mol. The second kappa shape index (κ2) is 6.51. The summed E-state index contributed by atoms with van der Waals surface area (Å²) in [6.07, 6.45) is 0.835. The Morgan fingerprint density at radius 2 is 1.84 bits per heavy atom. The molecule has 0 atom stereocenters. The van der Waals surface area contributed by atoms with Crippen LogP contribution in [-0.4, -0.2) is 15.7 Å². The fourth-order valence-corrected chi connectivity index (χ4v) is 3.18. The van der Waals surface area contributed by atoms with Crippen molar-refractivity contribution >= 4 is 17.3 Å². The summed E-state index contributed by atoms with van der Waals surface area (Å²) in [5.74, 6) is -0.0540. The average Bonchev–Trinajstić information content (AvgIpc) is 2.88. The van der Waals surface area contributed by atoms with Gasteiger partial charge in [0.2, 0.25) is 0 Å². The van der Waals surface area contributed by atoms with Crippen molar-refractivity contribution in [3.63, 3.8) is 0 Å². The second-order valence-electron chi connectivity index (χ2n) is 6.30. The highest BCUT2D eigenvalue weighted by Gasteiger charge is 2.33. The Hall–Kier alpha value is -2.95. The van der Waals surface area contributed by atoms with Gasteiger partial charge in [-0.1, -0.05) is 37.3 Å². The van der Waals surface area contributed by atoms with Gasteiger partial charge in [0.1, 0.15) is 0 Å². The van der Waals surface area contributed by atoms with Crippen molar-refractivity contribution < 1.29 is 9.72 Å². The van der Waals surface area contributed by atoms with Crippen LogP contribution in [0, 0.1) is 17.0 Å². The first-order chi connectivity index (χ1) is 11.9. The van der Waals surface area contributed by atoms with Crippen LogP contribution in [0.25, 0.3) is 5.70 Å². The van der Waals surface area contributed by atoms with Crippen molar-refractivity contribution in [1.29, 1.82) is 0 Å². The quantitative estimate of drug-likeness (QED) is 0.600. The van der Waals surface area contributed by atoms with Gasteiger partial charge < -0.3 is 4.90 Å². The number of carbonyl (C=O) groups is 1. The molecule has 0 saturated heterocycles. The van der Waals surface area contributed by atoms with Gasteiger partial charge >= 0.3 is 0 Å². The van der Waals surface area contributed by atoms with Crippen LogP contribution in [0.1, 0.15) is 47.3 Å². The Labute approximate surface area is 146 Å². The van der Waals surface area contributed by atoms with Gasteiger partial charge in [-0.25, -0.2) is 0 Å². The van der Waals surface area contributed by atoms with E-state index in [0.29, 0.717) is 17.7 Å². The number of carbonyl (C=O) groups excluding carboxylic acids is 1. The first-order valence-electron chi connectivity index (χ1n) is 8.29. The minimum Gasteiger partial charge on any atom is -0.303 e. The number of hydrogen-bond donors (Lipinski definition) is 0. The topological polar surface area (TPSA) is 63.5 Å². The molecule has 2 aromatic carbocycles. The number of allylic oxidation sites excluding steroid dienone is 1. The van der Waals surface area contributed by atoms with Crippen molar-refractivity contribution in [3.05, 3.63) is 80.4 Å². The van der Waals surface area contributed by atoms with Crippen LogP contribution >= 0.6 is 0 Å². The van der Waals surface area contributed by atoms with Crippen LogP contribution in [0.5, 0.6) is 0 Å². The number of fused-ring (bicyclic) bond motifs is 1. The van der Waals surface area contributed by atoms with Crippen LogP contribution in [0.3, 0.4) is 0 Å². The third-order valence-electron chi connectivity index (χ3n) is 4.67. The lowest BCUT2D eigenvalue weighted by atomic mass is 10.0. The van der Waals surface area contributed by atoms with E-state index in [2.05, 4.69) is 6.92 Å². The molecule has 0 N–H and O–H groups in total. The normalized spacial score (nSPS) is 15.3. The summed E-state index contributed by atoms with van der Waals surface area (Å²) in [4.78, 5) is 25.4. The number of rotatable bonds is 4. The van der Waals surface area contributed by atoms with Crippen molar-refractivity contribution in [2.24, 2.45) is 0 Å². The summed E-state index contributed by atoms with van der Waals surface area (Å²) in [5, 5.41) is 11.2. The molecule has 128 valence electrons. The highest BCUT2D eigenvalue weighted by Crippen LogP contribution is 2.37. The van der Waals surface area contributed by atoms with Gasteiger partial charge in [-0.15, -0.1) is 0 Å². The predicted octanol–water partition coefficient (Wildman–Crippen LogP) is 4.70. The van der Waals surface area contributed by atoms with Gasteiger partial charge in [0.25, 0.3) is 11.6 Å². The molecule has 0 spiro atoms. The summed E-state index contributed by atoms with van der Waals surface area (Å²) >= 11 is 0. The molecule has 0 radical (unpaired) electrons. The molecule has 1 aliphatic rings. The Balaban J connectivity index is 2.04. The molecule has 3 rings (SSSR count). The highest BCUT2D eigenvalue weighted by atomic mass is 16.6.